The van der Waals surface area contributed by atoms with Crippen LogP contribution in [0, 0.1) is 0 Å². The van der Waals surface area contributed by atoms with E-state index >= 15 is 0 Å². The van der Waals surface area contributed by atoms with Gasteiger partial charge in [0.2, 0.25) is 0 Å². The summed E-state index contributed by atoms with van der Waals surface area (Å²) in [5, 5.41) is 21.6. The lowest BCUT2D eigenvalue weighted by atomic mass is 10.0. The molecule has 4 aromatic rings. The lowest BCUT2D eigenvalue weighted by Crippen LogP contribution is -2.21. The number of primary amides is 1. The summed E-state index contributed by atoms with van der Waals surface area (Å²) in [7, 11) is 0. The summed E-state index contributed by atoms with van der Waals surface area (Å²) in [6.07, 6.45) is -2.89. The van der Waals surface area contributed by atoms with Gasteiger partial charge >= 0.3 is 12.1 Å². The number of carboxylic acid groups (broad SMARTS) is 1. The van der Waals surface area contributed by atoms with Crippen molar-refractivity contribution in [3.05, 3.63) is 76.4 Å². The first-order valence-corrected chi connectivity index (χ1v) is 11.2. The minimum absolute atomic E-state index is 0.0575. The van der Waals surface area contributed by atoms with Gasteiger partial charge in [-0.05, 0) is 47.4 Å². The summed E-state index contributed by atoms with van der Waals surface area (Å²) in [6.45, 7) is 1.96. The van der Waals surface area contributed by atoms with Crippen molar-refractivity contribution < 1.29 is 33.0 Å². The van der Waals surface area contributed by atoms with Crippen LogP contribution in [-0.4, -0.2) is 38.2 Å². The van der Waals surface area contributed by atoms with Crippen LogP contribution < -0.4 is 11.1 Å². The normalized spacial score (nSPS) is 11.1. The Kier molecular flexibility index (Phi) is 8.41. The van der Waals surface area contributed by atoms with Crippen LogP contribution in [0.25, 0.3) is 22.3 Å². The van der Waals surface area contributed by atoms with Crippen LogP contribution >= 0.6 is 11.6 Å². The molecule has 0 spiro atoms. The zero-order valence-corrected chi connectivity index (χ0v) is 20.1. The third kappa shape index (κ3) is 6.38. The van der Waals surface area contributed by atoms with Crippen LogP contribution in [0.1, 0.15) is 28.4 Å². The van der Waals surface area contributed by atoms with E-state index in [4.69, 9.17) is 27.2 Å². The highest BCUT2D eigenvalue weighted by Gasteiger charge is 2.38. The van der Waals surface area contributed by atoms with Crippen LogP contribution in [0.4, 0.5) is 24.5 Å². The molecule has 0 aliphatic rings. The molecule has 4 rings (SSSR count). The van der Waals surface area contributed by atoms with Crippen LogP contribution in [0.2, 0.25) is 5.02 Å². The number of hydrogen-bond acceptors (Lipinski definition) is 5. The molecule has 0 bridgehead atoms. The Morgan fingerprint density at radius 3 is 2.35 bits per heavy atom. The van der Waals surface area contributed by atoms with E-state index in [2.05, 4.69) is 15.3 Å². The maximum absolute atomic E-state index is 12.1. The third-order valence-corrected chi connectivity index (χ3v) is 5.63. The Morgan fingerprint density at radius 1 is 1.16 bits per heavy atom. The number of halogens is 4. The van der Waals surface area contributed by atoms with Gasteiger partial charge in [0.1, 0.15) is 5.65 Å². The number of carboxylic acids is 1. The molecule has 1 amide bonds. The van der Waals surface area contributed by atoms with E-state index in [1.807, 2.05) is 55.5 Å². The van der Waals surface area contributed by atoms with Gasteiger partial charge < -0.3 is 26.2 Å². The summed E-state index contributed by atoms with van der Waals surface area (Å²) in [4.78, 5) is 28.7. The summed E-state index contributed by atoms with van der Waals surface area (Å²) >= 11 is 6.00. The quantitative estimate of drug-likeness (QED) is 0.224. The number of aromatic amines is 1. The minimum Gasteiger partial charge on any atom is -0.475 e. The first-order valence-electron chi connectivity index (χ1n) is 10.8. The second-order valence-electron chi connectivity index (χ2n) is 7.75. The Balaban J connectivity index is 0.000000479. The number of nitrogens with two attached hydrogens (primary N) is 1. The molecule has 8 nitrogen and oxygen atoms in total. The molecule has 2 aromatic carbocycles. The number of rotatable bonds is 6. The van der Waals surface area contributed by atoms with Gasteiger partial charge in [-0.2, -0.15) is 13.2 Å². The van der Waals surface area contributed by atoms with E-state index in [1.54, 1.807) is 0 Å². The van der Waals surface area contributed by atoms with Gasteiger partial charge in [-0.25, -0.2) is 9.78 Å². The minimum atomic E-state index is -5.08. The van der Waals surface area contributed by atoms with Crippen molar-refractivity contribution in [3.8, 4) is 11.3 Å². The number of nitrogens with one attached hydrogen (secondary N) is 2. The standard InChI is InChI=1S/C23H21ClN4O2.C2HF3O2/c1-2-16-14(12-29)4-3-5-19(16)27-21-17-10-20(13-6-8-15(24)9-7-13)28-23(17)26-11-18(21)22(25)30;3-2(4,5)1(6)7/h3-11,29H,2,12H2,1H3,(H2,25,30)(H2,26,27,28);(H,6,7). The molecule has 0 saturated heterocycles. The summed E-state index contributed by atoms with van der Waals surface area (Å²) in [5.74, 6) is -3.33. The molecule has 2 heterocycles. The predicted octanol–water partition coefficient (Wildman–Crippen LogP) is 5.41. The van der Waals surface area contributed by atoms with Crippen LogP contribution in [0.15, 0.2) is 54.7 Å². The fraction of sp³-hybridized carbons (Fsp3) is 0.160. The molecule has 12 heteroatoms. The van der Waals surface area contributed by atoms with E-state index in [-0.39, 0.29) is 6.61 Å². The number of H-pyrrole nitrogens is 1. The van der Waals surface area contributed by atoms with Crippen LogP contribution in [0.3, 0.4) is 0 Å². The molecule has 0 unspecified atom stereocenters. The van der Waals surface area contributed by atoms with Crippen LogP contribution in [-0.2, 0) is 17.8 Å². The van der Waals surface area contributed by atoms with Crippen molar-refractivity contribution >= 4 is 45.9 Å². The van der Waals surface area contributed by atoms with Crippen molar-refractivity contribution in [2.45, 2.75) is 26.1 Å². The number of pyridine rings is 1. The molecule has 2 aromatic heterocycles. The van der Waals surface area contributed by atoms with Gasteiger partial charge in [-0.1, -0.05) is 42.8 Å². The number of aliphatic hydroxyl groups is 1. The van der Waals surface area contributed by atoms with Crippen molar-refractivity contribution in [1.29, 1.82) is 0 Å². The maximum atomic E-state index is 12.1. The fourth-order valence-electron chi connectivity index (χ4n) is 3.63. The van der Waals surface area contributed by atoms with Crippen molar-refractivity contribution in [2.24, 2.45) is 5.73 Å². The fourth-order valence-corrected chi connectivity index (χ4v) is 3.76. The highest BCUT2D eigenvalue weighted by molar-refractivity contribution is 6.30. The number of hydrogen-bond donors (Lipinski definition) is 5. The van der Waals surface area contributed by atoms with E-state index in [0.717, 1.165) is 39.9 Å². The molecule has 37 heavy (non-hydrogen) atoms. The lowest BCUT2D eigenvalue weighted by molar-refractivity contribution is -0.192. The van der Waals surface area contributed by atoms with Crippen molar-refractivity contribution in [2.75, 3.05) is 5.32 Å². The number of aliphatic hydroxyl groups excluding tert-OH is 1. The molecule has 6 N–H and O–H groups in total. The molecule has 0 radical (unpaired) electrons. The first-order chi connectivity index (χ1) is 17.5. The van der Waals surface area contributed by atoms with Crippen molar-refractivity contribution in [3.63, 3.8) is 0 Å². The maximum Gasteiger partial charge on any atom is 0.490 e. The smallest absolute Gasteiger partial charge is 0.475 e. The van der Waals surface area contributed by atoms with Gasteiger partial charge in [0.25, 0.3) is 5.91 Å². The Bertz CT molecular complexity index is 1440. The predicted molar refractivity (Wildman–Crippen MR) is 134 cm³/mol. The van der Waals surface area contributed by atoms with Gasteiger partial charge in [-0.3, -0.25) is 4.79 Å². The highest BCUT2D eigenvalue weighted by atomic mass is 35.5. The number of aliphatic carboxylic acids is 1. The number of aromatic nitrogens is 2. The third-order valence-electron chi connectivity index (χ3n) is 5.38. The number of nitrogens with zero attached hydrogens (tertiary/aromatic N) is 1. The molecule has 0 fully saturated rings. The number of amides is 1. The summed E-state index contributed by atoms with van der Waals surface area (Å²) < 4.78 is 31.7. The Hall–Kier alpha value is -4.09. The molecular formula is C25H22ClF3N4O4. The van der Waals surface area contributed by atoms with E-state index in [1.165, 1.54) is 6.20 Å². The lowest BCUT2D eigenvalue weighted by Gasteiger charge is -2.16. The molecular weight excluding hydrogens is 513 g/mol. The van der Waals surface area contributed by atoms with Crippen molar-refractivity contribution in [1.82, 2.24) is 9.97 Å². The average Bonchev–Trinajstić information content (AvgIpc) is 3.29. The van der Waals surface area contributed by atoms with E-state index in [0.29, 0.717) is 21.9 Å². The zero-order chi connectivity index (χ0) is 27.3. The largest absolute Gasteiger partial charge is 0.490 e. The number of alkyl halides is 3. The summed E-state index contributed by atoms with van der Waals surface area (Å²) in [6, 6.07) is 15.1. The summed E-state index contributed by atoms with van der Waals surface area (Å²) in [5.41, 5.74) is 11.6. The molecule has 0 saturated carbocycles. The average molecular weight is 535 g/mol. The van der Waals surface area contributed by atoms with Crippen LogP contribution in [0.5, 0.6) is 0 Å². The van der Waals surface area contributed by atoms with Gasteiger partial charge in [0.15, 0.2) is 0 Å². The number of fused-ring (bicyclic) bond motifs is 1. The van der Waals surface area contributed by atoms with Gasteiger partial charge in [-0.15, -0.1) is 0 Å². The highest BCUT2D eigenvalue weighted by Crippen LogP contribution is 2.34. The van der Waals surface area contributed by atoms with E-state index in [9.17, 15) is 23.1 Å². The first kappa shape index (κ1) is 27.5. The second-order valence-corrected chi connectivity index (χ2v) is 8.18. The topological polar surface area (TPSA) is 141 Å². The van der Waals surface area contributed by atoms with Gasteiger partial charge in [0.05, 0.1) is 17.9 Å². The molecule has 0 aliphatic heterocycles. The number of benzene rings is 2. The Labute approximate surface area is 213 Å². The zero-order valence-electron chi connectivity index (χ0n) is 19.4. The molecule has 0 atom stereocenters. The monoisotopic (exact) mass is 534 g/mol. The SMILES string of the molecule is CCc1c(CO)cccc1Nc1c(C(N)=O)cnc2[nH]c(-c3ccc(Cl)cc3)cc12.O=C(O)C(F)(F)F. The number of anilines is 2. The Morgan fingerprint density at radius 2 is 1.81 bits per heavy atom. The number of carbonyl (C=O) groups excluding carboxylic acids is 1. The second kappa shape index (κ2) is 11.3. The molecule has 0 aliphatic carbocycles. The van der Waals surface area contributed by atoms with Gasteiger partial charge in [0, 0.05) is 28.0 Å². The number of carbonyl (C=O) groups is 2. The van der Waals surface area contributed by atoms with E-state index < -0.39 is 18.1 Å². The molecule has 194 valence electrons.